The molecular weight excluding hydrogens is 841 g/mol. The van der Waals surface area contributed by atoms with Crippen LogP contribution in [0.1, 0.15) is 194 Å². The molecule has 0 heterocycles. The van der Waals surface area contributed by atoms with Gasteiger partial charge in [0.05, 0.1) is 0 Å². The van der Waals surface area contributed by atoms with Crippen molar-refractivity contribution in [3.05, 3.63) is 158 Å². The minimum Gasteiger partial charge on any atom is -0.462 e. The van der Waals surface area contributed by atoms with E-state index in [0.717, 1.165) is 116 Å². The second-order valence-electron chi connectivity index (χ2n) is 17.0. The van der Waals surface area contributed by atoms with Gasteiger partial charge in [0.15, 0.2) is 6.10 Å². The molecule has 0 bridgehead atoms. The number of hydrogen-bond donors (Lipinski definition) is 0. The Morgan fingerprint density at radius 2 is 0.574 bits per heavy atom. The maximum Gasteiger partial charge on any atom is 0.306 e. The van der Waals surface area contributed by atoms with Crippen molar-refractivity contribution in [2.45, 2.75) is 200 Å². The number of unbranched alkanes of at least 4 members (excludes halogenated alkanes) is 18. The van der Waals surface area contributed by atoms with Gasteiger partial charge in [-0.25, -0.2) is 0 Å². The molecule has 6 heteroatoms. The molecule has 0 aliphatic rings. The van der Waals surface area contributed by atoms with E-state index in [9.17, 15) is 14.4 Å². The number of hydrogen-bond acceptors (Lipinski definition) is 6. The van der Waals surface area contributed by atoms with E-state index in [1.54, 1.807) is 0 Å². The van der Waals surface area contributed by atoms with Crippen molar-refractivity contribution in [2.24, 2.45) is 0 Å². The molecule has 0 N–H and O–H groups in total. The average molecular weight is 935 g/mol. The maximum atomic E-state index is 12.8. The van der Waals surface area contributed by atoms with Crippen molar-refractivity contribution in [1.29, 1.82) is 0 Å². The molecule has 0 aromatic heterocycles. The van der Waals surface area contributed by atoms with Gasteiger partial charge in [-0.1, -0.05) is 249 Å². The standard InChI is InChI=1S/C62H94O6/c1-4-7-10-13-16-19-22-25-27-29-31-33-34-37-40-43-46-49-52-55-61(64)67-58-59(57-66-60(63)54-51-48-45-42-39-36-24-21-18-15-12-9-6-3)68-62(65)56-53-50-47-44-41-38-35-32-30-28-26-23-20-17-14-11-8-5-2/h7,9-10,12-13,15-16,18-19,21-35,37,40,59H,4-6,8,11,14,17,20,36,38-39,41-58H2,1-3H3/b10-7-,12-9-,16-13-,18-15-,22-19-,24-21-,26-23-,27-25-,30-28-,31-29+,34-33-,35-32-,40-37-. The first-order chi connectivity index (χ1) is 33.5. The summed E-state index contributed by atoms with van der Waals surface area (Å²) in [5.41, 5.74) is 0. The van der Waals surface area contributed by atoms with Crippen molar-refractivity contribution < 1.29 is 28.6 Å². The van der Waals surface area contributed by atoms with Crippen LogP contribution in [0.25, 0.3) is 0 Å². The van der Waals surface area contributed by atoms with Crippen LogP contribution >= 0.6 is 0 Å². The zero-order valence-corrected chi connectivity index (χ0v) is 43.0. The molecule has 0 amide bonds. The smallest absolute Gasteiger partial charge is 0.306 e. The van der Waals surface area contributed by atoms with E-state index >= 15 is 0 Å². The molecule has 0 saturated carbocycles. The highest BCUT2D eigenvalue weighted by Gasteiger charge is 2.19. The topological polar surface area (TPSA) is 78.9 Å². The van der Waals surface area contributed by atoms with E-state index in [4.69, 9.17) is 14.2 Å². The van der Waals surface area contributed by atoms with Crippen LogP contribution in [0.15, 0.2) is 158 Å². The minimum absolute atomic E-state index is 0.120. The van der Waals surface area contributed by atoms with Crippen LogP contribution < -0.4 is 0 Å². The molecule has 1 unspecified atom stereocenters. The molecule has 0 rings (SSSR count). The normalized spacial score (nSPS) is 13.4. The van der Waals surface area contributed by atoms with E-state index in [0.29, 0.717) is 12.8 Å². The monoisotopic (exact) mass is 935 g/mol. The third kappa shape index (κ3) is 52.0. The molecule has 0 radical (unpaired) electrons. The molecule has 68 heavy (non-hydrogen) atoms. The van der Waals surface area contributed by atoms with Crippen LogP contribution in [0.2, 0.25) is 0 Å². The summed E-state index contributed by atoms with van der Waals surface area (Å²) >= 11 is 0. The van der Waals surface area contributed by atoms with Crippen LogP contribution in [0.4, 0.5) is 0 Å². The van der Waals surface area contributed by atoms with Crippen molar-refractivity contribution in [1.82, 2.24) is 0 Å². The quantitative estimate of drug-likeness (QED) is 0.0262. The highest BCUT2D eigenvalue weighted by molar-refractivity contribution is 5.71. The van der Waals surface area contributed by atoms with Gasteiger partial charge in [-0.2, -0.15) is 0 Å². The molecule has 6 nitrogen and oxygen atoms in total. The summed E-state index contributed by atoms with van der Waals surface area (Å²) in [6, 6.07) is 0. The van der Waals surface area contributed by atoms with Gasteiger partial charge in [0, 0.05) is 19.3 Å². The molecule has 378 valence electrons. The average Bonchev–Trinajstić information content (AvgIpc) is 3.34. The Morgan fingerprint density at radius 3 is 0.912 bits per heavy atom. The van der Waals surface area contributed by atoms with E-state index in [-0.39, 0.29) is 44.0 Å². The number of rotatable bonds is 45. The third-order valence-corrected chi connectivity index (χ3v) is 10.6. The molecule has 0 aliphatic heterocycles. The summed E-state index contributed by atoms with van der Waals surface area (Å²) in [5.74, 6) is -1.02. The van der Waals surface area contributed by atoms with Crippen molar-refractivity contribution in [3.63, 3.8) is 0 Å². The summed E-state index contributed by atoms with van der Waals surface area (Å²) in [5, 5.41) is 0. The predicted octanol–water partition coefficient (Wildman–Crippen LogP) is 17.8. The van der Waals surface area contributed by atoms with Crippen LogP contribution in [-0.4, -0.2) is 37.2 Å². The van der Waals surface area contributed by atoms with Gasteiger partial charge < -0.3 is 14.2 Å². The van der Waals surface area contributed by atoms with Crippen molar-refractivity contribution in [3.8, 4) is 0 Å². The summed E-state index contributed by atoms with van der Waals surface area (Å²) in [7, 11) is 0. The number of esters is 3. The Labute approximate surface area is 416 Å². The number of carbonyl (C=O) groups is 3. The zero-order chi connectivity index (χ0) is 49.3. The first-order valence-corrected chi connectivity index (χ1v) is 26.7. The fourth-order valence-corrected chi connectivity index (χ4v) is 6.60. The van der Waals surface area contributed by atoms with Gasteiger partial charge in [0.2, 0.25) is 0 Å². The van der Waals surface area contributed by atoms with E-state index in [1.165, 1.54) is 32.1 Å². The summed E-state index contributed by atoms with van der Waals surface area (Å²) in [6.45, 7) is 6.24. The van der Waals surface area contributed by atoms with Gasteiger partial charge in [-0.15, -0.1) is 0 Å². The highest BCUT2D eigenvalue weighted by atomic mass is 16.6. The lowest BCUT2D eigenvalue weighted by Gasteiger charge is -2.18. The Kier molecular flexibility index (Phi) is 50.6. The van der Waals surface area contributed by atoms with Crippen molar-refractivity contribution in [2.75, 3.05) is 13.2 Å². The zero-order valence-electron chi connectivity index (χ0n) is 43.0. The molecule has 0 aliphatic carbocycles. The predicted molar refractivity (Wildman–Crippen MR) is 292 cm³/mol. The third-order valence-electron chi connectivity index (χ3n) is 10.6. The second kappa shape index (κ2) is 54.6. The van der Waals surface area contributed by atoms with E-state index < -0.39 is 6.10 Å². The first-order valence-electron chi connectivity index (χ1n) is 26.7. The first kappa shape index (κ1) is 63.0. The minimum atomic E-state index is -0.825. The molecule has 0 spiro atoms. The molecule has 1 atom stereocenters. The van der Waals surface area contributed by atoms with Crippen molar-refractivity contribution >= 4 is 17.9 Å². The fraction of sp³-hybridized carbons (Fsp3) is 0.532. The van der Waals surface area contributed by atoms with Crippen LogP contribution in [-0.2, 0) is 28.6 Å². The molecule has 0 aromatic rings. The molecular formula is C62H94O6. The maximum absolute atomic E-state index is 12.8. The van der Waals surface area contributed by atoms with Crippen LogP contribution in [0.5, 0.6) is 0 Å². The van der Waals surface area contributed by atoms with E-state index in [2.05, 4.69) is 99.8 Å². The number of carbonyl (C=O) groups excluding carboxylic acids is 3. The summed E-state index contributed by atoms with van der Waals surface area (Å²) in [6.07, 6.45) is 79.3. The van der Waals surface area contributed by atoms with Gasteiger partial charge in [-0.3, -0.25) is 14.4 Å². The number of ether oxygens (including phenoxy) is 3. The van der Waals surface area contributed by atoms with Crippen LogP contribution in [0, 0.1) is 0 Å². The van der Waals surface area contributed by atoms with Gasteiger partial charge in [0.1, 0.15) is 13.2 Å². The van der Waals surface area contributed by atoms with Gasteiger partial charge in [-0.05, 0) is 83.5 Å². The van der Waals surface area contributed by atoms with E-state index in [1.807, 2.05) is 79.0 Å². The van der Waals surface area contributed by atoms with Gasteiger partial charge >= 0.3 is 17.9 Å². The molecule has 0 fully saturated rings. The van der Waals surface area contributed by atoms with Gasteiger partial charge in [0.25, 0.3) is 0 Å². The lowest BCUT2D eigenvalue weighted by Crippen LogP contribution is -2.30. The Morgan fingerprint density at radius 1 is 0.309 bits per heavy atom. The molecule has 0 aromatic carbocycles. The largest absolute Gasteiger partial charge is 0.462 e. The summed E-state index contributed by atoms with van der Waals surface area (Å²) < 4.78 is 16.7. The Balaban J connectivity index is 4.60. The SMILES string of the molecule is CC\C=C/C=C\C=C/C=C\C=C\C=C/C=C\CCCCCC(=O)OCC(COC(=O)CCCCCCC\C=C/C=C\C=C/CC)OC(=O)CCCCCCC\C=C/C=C\C=C/CCCCCCC. The Hall–Kier alpha value is -4.97. The number of allylic oxidation sites excluding steroid dienone is 26. The lowest BCUT2D eigenvalue weighted by molar-refractivity contribution is -0.167. The second-order valence-corrected chi connectivity index (χ2v) is 17.0. The Bertz CT molecular complexity index is 1590. The summed E-state index contributed by atoms with van der Waals surface area (Å²) in [4.78, 5) is 38.1. The fourth-order valence-electron chi connectivity index (χ4n) is 6.60. The van der Waals surface area contributed by atoms with Crippen LogP contribution in [0.3, 0.4) is 0 Å². The molecule has 0 saturated heterocycles. The highest BCUT2D eigenvalue weighted by Crippen LogP contribution is 2.12. The lowest BCUT2D eigenvalue weighted by atomic mass is 10.1.